The molecule has 3 nitrogen and oxygen atoms in total. The van der Waals surface area contributed by atoms with E-state index in [1.807, 2.05) is 25.1 Å². The Morgan fingerprint density at radius 3 is 2.84 bits per heavy atom. The fourth-order valence-corrected chi connectivity index (χ4v) is 2.01. The summed E-state index contributed by atoms with van der Waals surface area (Å²) in [7, 11) is 1.70. The van der Waals surface area contributed by atoms with Gasteiger partial charge in [0, 0.05) is 32.2 Å². The number of nitrogens with one attached hydrogen (secondary N) is 1. The molecule has 1 rings (SSSR count). The van der Waals surface area contributed by atoms with Crippen molar-refractivity contribution in [2.45, 2.75) is 39.3 Å². The van der Waals surface area contributed by atoms with Crippen molar-refractivity contribution in [1.29, 1.82) is 0 Å². The average molecular weight is 286 g/mol. The highest BCUT2D eigenvalue weighted by Gasteiger charge is 2.12. The van der Waals surface area contributed by atoms with Gasteiger partial charge < -0.3 is 14.8 Å². The Morgan fingerprint density at radius 1 is 1.37 bits per heavy atom. The molecule has 0 spiro atoms. The second-order valence-electron chi connectivity index (χ2n) is 4.61. The van der Waals surface area contributed by atoms with Crippen LogP contribution in [0.4, 0.5) is 0 Å². The fraction of sp³-hybridized carbons (Fsp3) is 0.600. The quantitative estimate of drug-likeness (QED) is 0.703. The van der Waals surface area contributed by atoms with Gasteiger partial charge in [-0.3, -0.25) is 0 Å². The topological polar surface area (TPSA) is 30.5 Å². The lowest BCUT2D eigenvalue weighted by Crippen LogP contribution is -2.18. The van der Waals surface area contributed by atoms with Crippen LogP contribution >= 0.6 is 11.6 Å². The Labute approximate surface area is 121 Å². The smallest absolute Gasteiger partial charge is 0.142 e. The van der Waals surface area contributed by atoms with Crippen LogP contribution in [0.25, 0.3) is 0 Å². The van der Waals surface area contributed by atoms with Crippen molar-refractivity contribution >= 4 is 11.6 Å². The molecule has 0 amide bonds. The van der Waals surface area contributed by atoms with Crippen molar-refractivity contribution in [3.05, 3.63) is 28.8 Å². The largest absolute Gasteiger partial charge is 0.489 e. The minimum Gasteiger partial charge on any atom is -0.489 e. The van der Waals surface area contributed by atoms with Crippen LogP contribution in [-0.2, 0) is 11.3 Å². The van der Waals surface area contributed by atoms with E-state index in [1.54, 1.807) is 7.11 Å². The van der Waals surface area contributed by atoms with E-state index in [0.717, 1.165) is 37.2 Å². The third kappa shape index (κ3) is 5.81. The second kappa shape index (κ2) is 9.18. The molecule has 4 heteroatoms. The molecule has 0 aromatic heterocycles. The maximum Gasteiger partial charge on any atom is 0.142 e. The first-order chi connectivity index (χ1) is 9.19. The molecule has 0 radical (unpaired) electrons. The number of methoxy groups -OCH3 is 1. The summed E-state index contributed by atoms with van der Waals surface area (Å²) < 4.78 is 11.0. The minimum absolute atomic E-state index is 0.0878. The zero-order valence-corrected chi connectivity index (χ0v) is 12.8. The summed E-state index contributed by atoms with van der Waals surface area (Å²) in [4.78, 5) is 0. The lowest BCUT2D eigenvalue weighted by atomic mass is 10.2. The normalized spacial score (nSPS) is 12.4. The molecule has 1 aromatic rings. The average Bonchev–Trinajstić information content (AvgIpc) is 2.40. The molecule has 1 atom stereocenters. The first-order valence-electron chi connectivity index (χ1n) is 6.82. The number of halogens is 1. The van der Waals surface area contributed by atoms with Crippen molar-refractivity contribution < 1.29 is 9.47 Å². The summed E-state index contributed by atoms with van der Waals surface area (Å²) in [6.07, 6.45) is 2.05. The van der Waals surface area contributed by atoms with E-state index < -0.39 is 0 Å². The van der Waals surface area contributed by atoms with Crippen LogP contribution < -0.4 is 10.1 Å². The number of benzene rings is 1. The van der Waals surface area contributed by atoms with Gasteiger partial charge in [0.2, 0.25) is 0 Å². The summed E-state index contributed by atoms with van der Waals surface area (Å²) in [5, 5.41) is 4.04. The van der Waals surface area contributed by atoms with E-state index in [-0.39, 0.29) is 6.10 Å². The van der Waals surface area contributed by atoms with Crippen LogP contribution in [0.3, 0.4) is 0 Å². The molecular formula is C15H24ClNO2. The van der Waals surface area contributed by atoms with Crippen molar-refractivity contribution in [3.63, 3.8) is 0 Å². The molecule has 1 N–H and O–H groups in total. The van der Waals surface area contributed by atoms with Gasteiger partial charge in [0.25, 0.3) is 0 Å². The zero-order chi connectivity index (χ0) is 14.1. The molecule has 0 saturated heterocycles. The van der Waals surface area contributed by atoms with Crippen LogP contribution in [0, 0.1) is 0 Å². The third-order valence-electron chi connectivity index (χ3n) is 2.84. The van der Waals surface area contributed by atoms with Crippen LogP contribution in [0.5, 0.6) is 5.75 Å². The Kier molecular flexibility index (Phi) is 7.87. The van der Waals surface area contributed by atoms with Gasteiger partial charge in [0.15, 0.2) is 0 Å². The maximum atomic E-state index is 6.24. The molecule has 0 heterocycles. The maximum absolute atomic E-state index is 6.24. The van der Waals surface area contributed by atoms with Crippen LogP contribution in [-0.4, -0.2) is 26.4 Å². The van der Waals surface area contributed by atoms with Crippen LogP contribution in [0.2, 0.25) is 5.02 Å². The van der Waals surface area contributed by atoms with Gasteiger partial charge in [-0.05, 0) is 26.0 Å². The van der Waals surface area contributed by atoms with Gasteiger partial charge in [0.05, 0.1) is 11.1 Å². The van der Waals surface area contributed by atoms with Crippen LogP contribution in [0.15, 0.2) is 18.2 Å². The van der Waals surface area contributed by atoms with Crippen molar-refractivity contribution in [2.75, 3.05) is 20.3 Å². The van der Waals surface area contributed by atoms with Gasteiger partial charge in [-0.1, -0.05) is 30.7 Å². The molecule has 0 aliphatic heterocycles. The molecular weight excluding hydrogens is 262 g/mol. The lowest BCUT2D eigenvalue weighted by molar-refractivity contribution is 0.134. The van der Waals surface area contributed by atoms with E-state index in [2.05, 4.69) is 12.2 Å². The van der Waals surface area contributed by atoms with E-state index in [9.17, 15) is 0 Å². The summed E-state index contributed by atoms with van der Waals surface area (Å²) in [6.45, 7) is 6.64. The highest BCUT2D eigenvalue weighted by Crippen LogP contribution is 2.30. The lowest BCUT2D eigenvalue weighted by Gasteiger charge is -2.18. The number of para-hydroxylation sites is 1. The summed E-state index contributed by atoms with van der Waals surface area (Å²) in [6, 6.07) is 5.87. The first-order valence-corrected chi connectivity index (χ1v) is 7.20. The second-order valence-corrected chi connectivity index (χ2v) is 5.02. The fourth-order valence-electron chi connectivity index (χ4n) is 1.77. The Hall–Kier alpha value is -0.770. The molecule has 0 saturated carbocycles. The summed E-state index contributed by atoms with van der Waals surface area (Å²) >= 11 is 6.24. The molecule has 0 aliphatic carbocycles. The number of hydrogen-bond acceptors (Lipinski definition) is 3. The molecule has 0 aliphatic rings. The van der Waals surface area contributed by atoms with Gasteiger partial charge >= 0.3 is 0 Å². The molecule has 0 bridgehead atoms. The molecule has 1 unspecified atom stereocenters. The highest BCUT2D eigenvalue weighted by molar-refractivity contribution is 6.32. The van der Waals surface area contributed by atoms with E-state index in [4.69, 9.17) is 21.1 Å². The number of ether oxygens (including phenoxy) is 2. The van der Waals surface area contributed by atoms with Gasteiger partial charge in [-0.25, -0.2) is 0 Å². The monoisotopic (exact) mass is 285 g/mol. The van der Waals surface area contributed by atoms with Gasteiger partial charge in [-0.15, -0.1) is 0 Å². The van der Waals surface area contributed by atoms with Crippen molar-refractivity contribution in [1.82, 2.24) is 5.32 Å². The number of hydrogen-bond donors (Lipinski definition) is 1. The van der Waals surface area contributed by atoms with E-state index in [1.165, 1.54) is 0 Å². The van der Waals surface area contributed by atoms with Crippen molar-refractivity contribution in [2.24, 2.45) is 0 Å². The molecule has 108 valence electrons. The Morgan fingerprint density at radius 2 is 2.16 bits per heavy atom. The third-order valence-corrected chi connectivity index (χ3v) is 3.14. The minimum atomic E-state index is 0.0878. The summed E-state index contributed by atoms with van der Waals surface area (Å²) in [5.41, 5.74) is 1.10. The Balaban J connectivity index is 2.68. The first kappa shape index (κ1) is 16.3. The van der Waals surface area contributed by atoms with Gasteiger partial charge in [-0.2, -0.15) is 0 Å². The summed E-state index contributed by atoms with van der Waals surface area (Å²) in [5.74, 6) is 0.788. The molecule has 1 aromatic carbocycles. The van der Waals surface area contributed by atoms with Crippen molar-refractivity contribution in [3.8, 4) is 5.75 Å². The van der Waals surface area contributed by atoms with E-state index in [0.29, 0.717) is 11.6 Å². The van der Waals surface area contributed by atoms with E-state index >= 15 is 0 Å². The number of rotatable bonds is 9. The predicted octanol–water partition coefficient (Wildman–Crippen LogP) is 3.64. The SMILES string of the molecule is CCCNCc1cccc(Cl)c1OC(C)CCOC. The van der Waals surface area contributed by atoms with Gasteiger partial charge in [0.1, 0.15) is 5.75 Å². The zero-order valence-electron chi connectivity index (χ0n) is 12.0. The Bertz CT molecular complexity index is 371. The van der Waals surface area contributed by atoms with Crippen LogP contribution in [0.1, 0.15) is 32.3 Å². The highest BCUT2D eigenvalue weighted by atomic mass is 35.5. The predicted molar refractivity (Wildman–Crippen MR) is 80.0 cm³/mol. The molecule has 0 fully saturated rings. The molecule has 19 heavy (non-hydrogen) atoms. The standard InChI is InChI=1S/C15H24ClNO2/c1-4-9-17-11-13-6-5-7-14(16)15(13)19-12(2)8-10-18-3/h5-7,12,17H,4,8-11H2,1-3H3.